The van der Waals surface area contributed by atoms with Gasteiger partial charge in [-0.05, 0) is 57.4 Å². The maximum Gasteiger partial charge on any atom is 0.169 e. The standard InChI is InChI=1S/C19H29Cl2N3OS/c1-23(2)9-8-22-19(26)24(17-6-4-3-5-7-17)10-11-25-18-13-15(20)12-16(21)14-18/h12-14,17H,3-11H2,1-2H3,(H,22,26). The Balaban J connectivity index is 1.91. The average molecular weight is 418 g/mol. The molecule has 0 unspecified atom stereocenters. The maximum absolute atomic E-state index is 6.04. The fourth-order valence-electron chi connectivity index (χ4n) is 3.20. The Morgan fingerprint density at radius 2 is 1.77 bits per heavy atom. The van der Waals surface area contributed by atoms with Crippen LogP contribution in [-0.2, 0) is 0 Å². The number of benzene rings is 1. The molecule has 0 radical (unpaired) electrons. The monoisotopic (exact) mass is 417 g/mol. The van der Waals surface area contributed by atoms with Gasteiger partial charge in [0.25, 0.3) is 0 Å². The molecule has 2 rings (SSSR count). The molecule has 0 aromatic heterocycles. The molecule has 0 atom stereocenters. The molecule has 1 saturated carbocycles. The molecule has 0 saturated heterocycles. The van der Waals surface area contributed by atoms with Crippen LogP contribution >= 0.6 is 35.4 Å². The van der Waals surface area contributed by atoms with Gasteiger partial charge in [0.15, 0.2) is 5.11 Å². The third-order valence-electron chi connectivity index (χ3n) is 4.55. The number of nitrogens with one attached hydrogen (secondary N) is 1. The number of nitrogens with zero attached hydrogens (tertiary/aromatic N) is 2. The van der Waals surface area contributed by atoms with Crippen molar-refractivity contribution < 1.29 is 4.74 Å². The van der Waals surface area contributed by atoms with E-state index in [1.807, 2.05) is 0 Å². The average Bonchev–Trinajstić information content (AvgIpc) is 2.58. The van der Waals surface area contributed by atoms with Crippen LogP contribution in [0.4, 0.5) is 0 Å². The van der Waals surface area contributed by atoms with E-state index in [0.29, 0.717) is 28.4 Å². The van der Waals surface area contributed by atoms with Crippen molar-refractivity contribution in [2.24, 2.45) is 0 Å². The predicted octanol–water partition coefficient (Wildman–Crippen LogP) is 4.44. The van der Waals surface area contributed by atoms with Crippen LogP contribution in [0.25, 0.3) is 0 Å². The topological polar surface area (TPSA) is 27.7 Å². The number of hydrogen-bond acceptors (Lipinski definition) is 3. The molecule has 1 aromatic carbocycles. The fraction of sp³-hybridized carbons (Fsp3) is 0.632. The molecule has 0 spiro atoms. The van der Waals surface area contributed by atoms with E-state index in [0.717, 1.165) is 24.7 Å². The third kappa shape index (κ3) is 7.47. The minimum atomic E-state index is 0.495. The number of ether oxygens (including phenoxy) is 1. The lowest BCUT2D eigenvalue weighted by Crippen LogP contribution is -2.49. The Hall–Kier alpha value is -0.750. The lowest BCUT2D eigenvalue weighted by atomic mass is 9.94. The van der Waals surface area contributed by atoms with Crippen LogP contribution in [0.5, 0.6) is 5.75 Å². The van der Waals surface area contributed by atoms with Gasteiger partial charge in [-0.25, -0.2) is 0 Å². The van der Waals surface area contributed by atoms with Gasteiger partial charge in [0.1, 0.15) is 12.4 Å². The van der Waals surface area contributed by atoms with Gasteiger partial charge in [-0.2, -0.15) is 0 Å². The molecule has 1 aliphatic rings. The Morgan fingerprint density at radius 3 is 2.38 bits per heavy atom. The molecule has 26 heavy (non-hydrogen) atoms. The second-order valence-corrected chi connectivity index (χ2v) is 8.23. The zero-order valence-corrected chi connectivity index (χ0v) is 18.0. The van der Waals surface area contributed by atoms with Crippen molar-refractivity contribution in [1.29, 1.82) is 0 Å². The highest BCUT2D eigenvalue weighted by Gasteiger charge is 2.23. The Bertz CT molecular complexity index is 560. The highest BCUT2D eigenvalue weighted by molar-refractivity contribution is 7.80. The van der Waals surface area contributed by atoms with Crippen molar-refractivity contribution in [3.63, 3.8) is 0 Å². The highest BCUT2D eigenvalue weighted by atomic mass is 35.5. The van der Waals surface area contributed by atoms with E-state index in [4.69, 9.17) is 40.2 Å². The summed E-state index contributed by atoms with van der Waals surface area (Å²) in [5, 5.41) is 5.38. The molecule has 1 aromatic rings. The van der Waals surface area contributed by atoms with Crippen molar-refractivity contribution in [2.45, 2.75) is 38.1 Å². The van der Waals surface area contributed by atoms with E-state index >= 15 is 0 Å². The van der Waals surface area contributed by atoms with Crippen LogP contribution < -0.4 is 10.1 Å². The molecule has 7 heteroatoms. The summed E-state index contributed by atoms with van der Waals surface area (Å²) in [5.74, 6) is 0.692. The van der Waals surface area contributed by atoms with Gasteiger partial charge >= 0.3 is 0 Å². The van der Waals surface area contributed by atoms with Gasteiger partial charge in [0, 0.05) is 29.2 Å². The van der Waals surface area contributed by atoms with Crippen molar-refractivity contribution in [3.05, 3.63) is 28.2 Å². The summed E-state index contributed by atoms with van der Waals surface area (Å²) in [6, 6.07) is 5.77. The summed E-state index contributed by atoms with van der Waals surface area (Å²) < 4.78 is 5.88. The van der Waals surface area contributed by atoms with Crippen molar-refractivity contribution in [1.82, 2.24) is 15.1 Å². The first-order chi connectivity index (χ1) is 12.5. The van der Waals surface area contributed by atoms with Crippen LogP contribution in [0, 0.1) is 0 Å². The van der Waals surface area contributed by atoms with Crippen molar-refractivity contribution >= 4 is 40.5 Å². The van der Waals surface area contributed by atoms with E-state index in [1.165, 1.54) is 32.1 Å². The van der Waals surface area contributed by atoms with E-state index in [2.05, 4.69) is 29.2 Å². The molecule has 0 bridgehead atoms. The minimum Gasteiger partial charge on any atom is -0.492 e. The van der Waals surface area contributed by atoms with Crippen LogP contribution in [0.3, 0.4) is 0 Å². The summed E-state index contributed by atoms with van der Waals surface area (Å²) >= 11 is 17.8. The summed E-state index contributed by atoms with van der Waals surface area (Å²) in [6.07, 6.45) is 6.25. The normalized spacial score (nSPS) is 15.1. The summed E-state index contributed by atoms with van der Waals surface area (Å²) in [6.45, 7) is 3.10. The highest BCUT2D eigenvalue weighted by Crippen LogP contribution is 2.25. The van der Waals surface area contributed by atoms with Gasteiger partial charge in [-0.15, -0.1) is 0 Å². The SMILES string of the molecule is CN(C)CCNC(=S)N(CCOc1cc(Cl)cc(Cl)c1)C1CCCCC1. The van der Waals surface area contributed by atoms with Crippen LogP contribution in [0.1, 0.15) is 32.1 Å². The van der Waals surface area contributed by atoms with Gasteiger partial charge in [0.05, 0.1) is 6.54 Å². The lowest BCUT2D eigenvalue weighted by molar-refractivity contribution is 0.199. The second kappa shape index (κ2) is 11.2. The zero-order chi connectivity index (χ0) is 18.9. The predicted molar refractivity (Wildman–Crippen MR) is 115 cm³/mol. The molecular formula is C19H29Cl2N3OS. The van der Waals surface area contributed by atoms with Gasteiger partial charge in [-0.1, -0.05) is 42.5 Å². The molecule has 0 heterocycles. The Morgan fingerprint density at radius 1 is 1.12 bits per heavy atom. The molecule has 1 N–H and O–H groups in total. The van der Waals surface area contributed by atoms with Gasteiger partial charge < -0.3 is 19.9 Å². The first-order valence-corrected chi connectivity index (χ1v) is 10.4. The van der Waals surface area contributed by atoms with Crippen LogP contribution in [0.2, 0.25) is 10.0 Å². The third-order valence-corrected chi connectivity index (χ3v) is 5.36. The molecule has 146 valence electrons. The zero-order valence-electron chi connectivity index (χ0n) is 15.6. The molecule has 0 amide bonds. The molecule has 4 nitrogen and oxygen atoms in total. The molecule has 1 aliphatic carbocycles. The number of halogens is 2. The Kier molecular flexibility index (Phi) is 9.26. The lowest BCUT2D eigenvalue weighted by Gasteiger charge is -2.36. The quantitative estimate of drug-likeness (QED) is 0.630. The van der Waals surface area contributed by atoms with E-state index < -0.39 is 0 Å². The number of thiocarbonyl (C=S) groups is 1. The number of likely N-dealkylation sites (N-methyl/N-ethyl adjacent to an activating group) is 1. The second-order valence-electron chi connectivity index (χ2n) is 6.97. The number of rotatable bonds is 8. The first-order valence-electron chi connectivity index (χ1n) is 9.24. The molecule has 1 fully saturated rings. The smallest absolute Gasteiger partial charge is 0.169 e. The Labute approximate surface area is 172 Å². The van der Waals surface area contributed by atoms with Crippen molar-refractivity contribution in [3.8, 4) is 5.75 Å². The summed E-state index contributed by atoms with van der Waals surface area (Å²) in [4.78, 5) is 4.45. The van der Waals surface area contributed by atoms with Crippen LogP contribution in [0.15, 0.2) is 18.2 Å². The van der Waals surface area contributed by atoms with Gasteiger partial charge in [0.2, 0.25) is 0 Å². The van der Waals surface area contributed by atoms with E-state index in [9.17, 15) is 0 Å². The van der Waals surface area contributed by atoms with Crippen LogP contribution in [-0.4, -0.2) is 61.3 Å². The number of hydrogen-bond donors (Lipinski definition) is 1. The first kappa shape index (κ1) is 21.5. The maximum atomic E-state index is 6.04. The molecular weight excluding hydrogens is 389 g/mol. The van der Waals surface area contributed by atoms with E-state index in [1.54, 1.807) is 18.2 Å². The summed E-state index contributed by atoms with van der Waals surface area (Å²) in [5.41, 5.74) is 0. The van der Waals surface area contributed by atoms with Crippen molar-refractivity contribution in [2.75, 3.05) is 40.3 Å². The fourth-order valence-corrected chi connectivity index (χ4v) is 4.05. The van der Waals surface area contributed by atoms with E-state index in [-0.39, 0.29) is 0 Å². The van der Waals surface area contributed by atoms with Gasteiger partial charge in [-0.3, -0.25) is 0 Å². The molecule has 0 aliphatic heterocycles. The summed E-state index contributed by atoms with van der Waals surface area (Å²) in [7, 11) is 4.13. The largest absolute Gasteiger partial charge is 0.492 e. The minimum absolute atomic E-state index is 0.495.